The molecule has 3 N–H and O–H groups in total. The van der Waals surface area contributed by atoms with E-state index in [-0.39, 0.29) is 5.91 Å². The zero-order valence-corrected chi connectivity index (χ0v) is 10.0. The number of rotatable bonds is 2. The number of amides is 1. The van der Waals surface area contributed by atoms with Crippen molar-refractivity contribution in [2.45, 2.75) is 25.3 Å². The zero-order valence-electron chi connectivity index (χ0n) is 10.0. The average Bonchev–Trinajstić information content (AvgIpc) is 2.39. The van der Waals surface area contributed by atoms with Crippen molar-refractivity contribution in [1.29, 1.82) is 0 Å². The summed E-state index contributed by atoms with van der Waals surface area (Å²) >= 11 is 0. The summed E-state index contributed by atoms with van der Waals surface area (Å²) in [6.45, 7) is 0.500. The van der Waals surface area contributed by atoms with Crippen LogP contribution in [-0.2, 0) is 4.79 Å². The van der Waals surface area contributed by atoms with Gasteiger partial charge in [-0.15, -0.1) is 0 Å². The number of carboxylic acids is 1. The lowest BCUT2D eigenvalue weighted by atomic mass is 10.0. The second-order valence-electron chi connectivity index (χ2n) is 4.47. The first-order valence-electron chi connectivity index (χ1n) is 5.99. The van der Waals surface area contributed by atoms with Crippen molar-refractivity contribution >= 4 is 17.6 Å². The molecule has 5 heteroatoms. The number of carbonyl (C=O) groups is 2. The molecule has 1 amide bonds. The number of likely N-dealkylation sites (tertiary alicyclic amines) is 1. The zero-order chi connectivity index (χ0) is 13.1. The topological polar surface area (TPSA) is 83.6 Å². The van der Waals surface area contributed by atoms with Crippen LogP contribution in [0, 0.1) is 0 Å². The van der Waals surface area contributed by atoms with E-state index in [1.165, 1.54) is 4.90 Å². The maximum atomic E-state index is 12.2. The number of benzene rings is 1. The average molecular weight is 248 g/mol. The summed E-state index contributed by atoms with van der Waals surface area (Å²) < 4.78 is 0. The van der Waals surface area contributed by atoms with E-state index in [1.54, 1.807) is 24.3 Å². The number of nitrogens with zero attached hydrogens (tertiary/aromatic N) is 1. The molecule has 0 radical (unpaired) electrons. The van der Waals surface area contributed by atoms with E-state index < -0.39 is 12.0 Å². The number of nitrogens with two attached hydrogens (primary N) is 1. The standard InChI is InChI=1S/C13H16N2O3/c14-10-6-4-9(5-7-10)12(16)15-8-2-1-3-11(15)13(17)18/h4-7,11H,1-3,8,14H2,(H,17,18)/t11-/m0/s1. The highest BCUT2D eigenvalue weighted by Crippen LogP contribution is 2.20. The van der Waals surface area contributed by atoms with Gasteiger partial charge in [0.15, 0.2) is 0 Å². The number of carboxylic acid groups (broad SMARTS) is 1. The van der Waals surface area contributed by atoms with Crippen LogP contribution in [0.25, 0.3) is 0 Å². The van der Waals surface area contributed by atoms with Gasteiger partial charge in [-0.05, 0) is 43.5 Å². The van der Waals surface area contributed by atoms with Gasteiger partial charge in [-0.1, -0.05) is 0 Å². The smallest absolute Gasteiger partial charge is 0.326 e. The lowest BCUT2D eigenvalue weighted by Crippen LogP contribution is -2.47. The van der Waals surface area contributed by atoms with Crippen molar-refractivity contribution in [3.05, 3.63) is 29.8 Å². The quantitative estimate of drug-likeness (QED) is 0.774. The van der Waals surface area contributed by atoms with Crippen LogP contribution >= 0.6 is 0 Å². The van der Waals surface area contributed by atoms with Crippen LogP contribution in [0.2, 0.25) is 0 Å². The minimum atomic E-state index is -0.932. The lowest BCUT2D eigenvalue weighted by molar-refractivity contribution is -0.143. The van der Waals surface area contributed by atoms with E-state index in [2.05, 4.69) is 0 Å². The summed E-state index contributed by atoms with van der Waals surface area (Å²) in [5.41, 5.74) is 6.63. The van der Waals surface area contributed by atoms with E-state index in [0.717, 1.165) is 12.8 Å². The highest BCUT2D eigenvalue weighted by molar-refractivity contribution is 5.97. The Morgan fingerprint density at radius 1 is 1.22 bits per heavy atom. The molecule has 1 aromatic rings. The molecule has 0 unspecified atom stereocenters. The van der Waals surface area contributed by atoms with Crippen molar-refractivity contribution in [2.75, 3.05) is 12.3 Å². The maximum Gasteiger partial charge on any atom is 0.326 e. The molecule has 2 rings (SSSR count). The van der Waals surface area contributed by atoms with Crippen LogP contribution in [0.1, 0.15) is 29.6 Å². The Kier molecular flexibility index (Phi) is 3.50. The molecule has 1 saturated heterocycles. The van der Waals surface area contributed by atoms with Crippen LogP contribution in [0.3, 0.4) is 0 Å². The molecule has 0 aliphatic carbocycles. The number of hydrogen-bond acceptors (Lipinski definition) is 3. The van der Waals surface area contributed by atoms with Crippen LogP contribution in [-0.4, -0.2) is 34.5 Å². The molecule has 1 aliphatic rings. The van der Waals surface area contributed by atoms with Crippen LogP contribution in [0.15, 0.2) is 24.3 Å². The maximum absolute atomic E-state index is 12.2. The van der Waals surface area contributed by atoms with Gasteiger partial charge in [0.05, 0.1) is 0 Å². The van der Waals surface area contributed by atoms with Gasteiger partial charge in [-0.25, -0.2) is 4.79 Å². The molecular formula is C13H16N2O3. The number of hydrogen-bond donors (Lipinski definition) is 2. The molecular weight excluding hydrogens is 232 g/mol. The number of anilines is 1. The lowest BCUT2D eigenvalue weighted by Gasteiger charge is -2.33. The third-order valence-corrected chi connectivity index (χ3v) is 3.21. The fourth-order valence-electron chi connectivity index (χ4n) is 2.22. The van der Waals surface area contributed by atoms with Gasteiger partial charge in [-0.2, -0.15) is 0 Å². The van der Waals surface area contributed by atoms with Crippen LogP contribution < -0.4 is 5.73 Å². The SMILES string of the molecule is Nc1ccc(C(=O)N2CCCC[C@H]2C(=O)O)cc1. The van der Waals surface area contributed by atoms with Crippen LogP contribution in [0.4, 0.5) is 5.69 Å². The van der Waals surface area contributed by atoms with Gasteiger partial charge in [0.1, 0.15) is 6.04 Å². The van der Waals surface area contributed by atoms with Gasteiger partial charge in [0.2, 0.25) is 0 Å². The predicted molar refractivity (Wildman–Crippen MR) is 67.2 cm³/mol. The summed E-state index contributed by atoms with van der Waals surface area (Å²) in [6.07, 6.45) is 2.23. The first kappa shape index (κ1) is 12.4. The summed E-state index contributed by atoms with van der Waals surface area (Å²) in [5, 5.41) is 9.13. The largest absolute Gasteiger partial charge is 0.480 e. The van der Waals surface area contributed by atoms with Crippen molar-refractivity contribution in [2.24, 2.45) is 0 Å². The molecule has 1 fully saturated rings. The highest BCUT2D eigenvalue weighted by atomic mass is 16.4. The Hall–Kier alpha value is -2.04. The van der Waals surface area contributed by atoms with Crippen LogP contribution in [0.5, 0.6) is 0 Å². The van der Waals surface area contributed by atoms with Crippen molar-refractivity contribution in [3.8, 4) is 0 Å². The number of aliphatic carboxylic acids is 1. The third-order valence-electron chi connectivity index (χ3n) is 3.21. The Morgan fingerprint density at radius 3 is 2.50 bits per heavy atom. The van der Waals surface area contributed by atoms with Gasteiger partial charge in [0.25, 0.3) is 5.91 Å². The highest BCUT2D eigenvalue weighted by Gasteiger charge is 2.32. The number of piperidine rings is 1. The van der Waals surface area contributed by atoms with Gasteiger partial charge in [-0.3, -0.25) is 4.79 Å². The molecule has 0 spiro atoms. The first-order chi connectivity index (χ1) is 8.59. The molecule has 5 nitrogen and oxygen atoms in total. The Bertz CT molecular complexity index is 456. The van der Waals surface area contributed by atoms with E-state index in [9.17, 15) is 9.59 Å². The van der Waals surface area contributed by atoms with Crippen molar-refractivity contribution in [3.63, 3.8) is 0 Å². The molecule has 0 aromatic heterocycles. The predicted octanol–water partition coefficient (Wildman–Crippen LogP) is 1.35. The molecule has 0 saturated carbocycles. The molecule has 96 valence electrons. The fourth-order valence-corrected chi connectivity index (χ4v) is 2.22. The fraction of sp³-hybridized carbons (Fsp3) is 0.385. The Labute approximate surface area is 105 Å². The van der Waals surface area contributed by atoms with E-state index in [4.69, 9.17) is 10.8 Å². The van der Waals surface area contributed by atoms with E-state index in [1.807, 2.05) is 0 Å². The Morgan fingerprint density at radius 2 is 1.89 bits per heavy atom. The number of carbonyl (C=O) groups excluding carboxylic acids is 1. The second-order valence-corrected chi connectivity index (χ2v) is 4.47. The summed E-state index contributed by atoms with van der Waals surface area (Å²) in [4.78, 5) is 24.8. The monoisotopic (exact) mass is 248 g/mol. The minimum absolute atomic E-state index is 0.234. The normalized spacial score (nSPS) is 19.6. The van der Waals surface area contributed by atoms with Crippen molar-refractivity contribution < 1.29 is 14.7 Å². The molecule has 1 heterocycles. The Balaban J connectivity index is 2.20. The summed E-state index contributed by atoms with van der Waals surface area (Å²) in [5.74, 6) is -1.17. The number of nitrogen functional groups attached to an aromatic ring is 1. The van der Waals surface area contributed by atoms with Gasteiger partial charge >= 0.3 is 5.97 Å². The summed E-state index contributed by atoms with van der Waals surface area (Å²) in [7, 11) is 0. The molecule has 1 aromatic carbocycles. The molecule has 0 bridgehead atoms. The van der Waals surface area contributed by atoms with Crippen molar-refractivity contribution in [1.82, 2.24) is 4.90 Å². The van der Waals surface area contributed by atoms with Gasteiger partial charge in [0, 0.05) is 17.8 Å². The van der Waals surface area contributed by atoms with Gasteiger partial charge < -0.3 is 15.7 Å². The third kappa shape index (κ3) is 2.45. The minimum Gasteiger partial charge on any atom is -0.480 e. The molecule has 1 atom stereocenters. The molecule has 18 heavy (non-hydrogen) atoms. The second kappa shape index (κ2) is 5.08. The van der Waals surface area contributed by atoms with E-state index >= 15 is 0 Å². The summed E-state index contributed by atoms with van der Waals surface area (Å²) in [6, 6.07) is 5.85. The first-order valence-corrected chi connectivity index (χ1v) is 5.99. The molecule has 1 aliphatic heterocycles. The van der Waals surface area contributed by atoms with E-state index in [0.29, 0.717) is 24.2 Å².